The smallest absolute Gasteiger partial charge is 0.248 e. The molecule has 6 atom stereocenters. The Kier molecular flexibility index (Phi) is 11.4. The van der Waals surface area contributed by atoms with Crippen molar-refractivity contribution in [1.82, 2.24) is 26.2 Å². The zero-order valence-electron chi connectivity index (χ0n) is 28.5. The lowest BCUT2D eigenvalue weighted by molar-refractivity contribution is -0.155. The maximum Gasteiger partial charge on any atom is 0.248 e. The predicted molar refractivity (Wildman–Crippen MR) is 171 cm³/mol. The highest BCUT2D eigenvalue weighted by atomic mass is 16.5. The van der Waals surface area contributed by atoms with Gasteiger partial charge in [-0.15, -0.1) is 0 Å². The van der Waals surface area contributed by atoms with Crippen LogP contribution in [0.15, 0.2) is 30.3 Å². The summed E-state index contributed by atoms with van der Waals surface area (Å²) >= 11 is 0. The molecule has 11 nitrogen and oxygen atoms in total. The van der Waals surface area contributed by atoms with Gasteiger partial charge in [-0.1, -0.05) is 71.9 Å². The summed E-state index contributed by atoms with van der Waals surface area (Å²) in [5.74, 6) is -2.88. The van der Waals surface area contributed by atoms with E-state index < -0.39 is 71.1 Å². The van der Waals surface area contributed by atoms with Crippen LogP contribution < -0.4 is 21.3 Å². The monoisotopic (exact) mass is 627 g/mol. The molecule has 1 aromatic carbocycles. The Labute approximate surface area is 268 Å². The first kappa shape index (κ1) is 36.0. The minimum Gasteiger partial charge on any atom is -0.350 e. The molecule has 0 radical (unpaired) electrons. The van der Waals surface area contributed by atoms with Crippen LogP contribution in [0.4, 0.5) is 0 Å². The molecule has 2 aliphatic rings. The Hall–Kier alpha value is -3.47. The molecule has 0 aliphatic carbocycles. The fraction of sp³-hybridized carbons (Fsp3) is 0.676. The largest absolute Gasteiger partial charge is 0.350 e. The van der Waals surface area contributed by atoms with Crippen molar-refractivity contribution in [3.05, 3.63) is 35.9 Å². The van der Waals surface area contributed by atoms with Crippen LogP contribution in [0.1, 0.15) is 87.6 Å². The number of fused-ring (bicyclic) bond motifs is 1. The predicted octanol–water partition coefficient (Wildman–Crippen LogP) is 2.67. The van der Waals surface area contributed by atoms with E-state index in [4.69, 9.17) is 4.74 Å². The molecule has 11 heteroatoms. The number of ether oxygens (including phenoxy) is 1. The van der Waals surface area contributed by atoms with Gasteiger partial charge in [0.25, 0.3) is 0 Å². The number of amides is 5. The molecular formula is C34H53N5O6. The zero-order chi connectivity index (χ0) is 33.9. The van der Waals surface area contributed by atoms with Crippen molar-refractivity contribution in [3.63, 3.8) is 0 Å². The molecule has 5 amide bonds. The lowest BCUT2D eigenvalue weighted by Crippen LogP contribution is -2.66. The molecule has 1 aromatic rings. The van der Waals surface area contributed by atoms with Crippen molar-refractivity contribution >= 4 is 29.5 Å². The van der Waals surface area contributed by atoms with Crippen molar-refractivity contribution in [1.29, 1.82) is 0 Å². The summed E-state index contributed by atoms with van der Waals surface area (Å²) in [6.45, 7) is 18.1. The molecule has 0 spiro atoms. The van der Waals surface area contributed by atoms with Crippen molar-refractivity contribution in [2.45, 2.75) is 130 Å². The highest BCUT2D eigenvalue weighted by Crippen LogP contribution is 2.34. The first-order valence-corrected chi connectivity index (χ1v) is 16.1. The summed E-state index contributed by atoms with van der Waals surface area (Å²) in [6, 6.07) is 5.28. The second-order valence-corrected chi connectivity index (χ2v) is 14.5. The molecular weight excluding hydrogens is 574 g/mol. The average molecular weight is 628 g/mol. The van der Waals surface area contributed by atoms with E-state index in [-0.39, 0.29) is 24.2 Å². The molecule has 250 valence electrons. The molecule has 0 aromatic heterocycles. The summed E-state index contributed by atoms with van der Waals surface area (Å²) in [5, 5.41) is 11.6. The topological polar surface area (TPSA) is 146 Å². The third-order valence-corrected chi connectivity index (χ3v) is 8.48. The van der Waals surface area contributed by atoms with Gasteiger partial charge >= 0.3 is 0 Å². The van der Waals surface area contributed by atoms with Crippen LogP contribution in [0, 0.1) is 17.8 Å². The van der Waals surface area contributed by atoms with Crippen molar-refractivity contribution < 1.29 is 28.7 Å². The standard InChI is InChI=1S/C34H53N5O6/c1-19(2)16-24-29(41)37-26(21(5)6)31(43)39-27(22(7)45-33(39,8)9)30(42)38-34(10,18-23-14-12-11-13-15-23)32(44)36-25(17-20(3)4)28(40)35-24/h11-15,19-22,24-27H,16-18H2,1-10H3,(H,35,40)(H,36,44)(H,37,41)(H,38,42)/t22-,24-,25-,26-,27-,34-/m0/s1. The van der Waals surface area contributed by atoms with Crippen LogP contribution in [0.2, 0.25) is 0 Å². The lowest BCUT2D eigenvalue weighted by atomic mass is 9.89. The molecule has 4 N–H and O–H groups in total. The fourth-order valence-corrected chi connectivity index (χ4v) is 6.30. The van der Waals surface area contributed by atoms with Crippen LogP contribution in [0.3, 0.4) is 0 Å². The van der Waals surface area contributed by atoms with Gasteiger partial charge in [0, 0.05) is 6.42 Å². The summed E-state index contributed by atoms with van der Waals surface area (Å²) in [7, 11) is 0. The maximum atomic E-state index is 14.3. The Bertz CT molecular complexity index is 1250. The molecule has 0 saturated carbocycles. The molecule has 2 aliphatic heterocycles. The molecule has 2 saturated heterocycles. The van der Waals surface area contributed by atoms with E-state index in [1.54, 1.807) is 27.7 Å². The number of benzene rings is 1. The SMILES string of the molecule is CC(C)C[C@@H]1NC(=O)[C@H](CC(C)C)NC(=O)[C@](C)(Cc2ccccc2)NC(=O)[C@@H]2[C@H](C)OC(C)(C)N2C(=O)[C@H](C(C)C)NC1=O. The Morgan fingerprint density at radius 3 is 1.84 bits per heavy atom. The van der Waals surface area contributed by atoms with E-state index in [0.717, 1.165) is 5.56 Å². The van der Waals surface area contributed by atoms with Crippen LogP contribution in [0.5, 0.6) is 0 Å². The third kappa shape index (κ3) is 8.62. The number of hydrogen-bond donors (Lipinski definition) is 4. The quantitative estimate of drug-likeness (QED) is 0.366. The van der Waals surface area contributed by atoms with Crippen molar-refractivity contribution in [2.75, 3.05) is 0 Å². The van der Waals surface area contributed by atoms with Gasteiger partial charge in [-0.2, -0.15) is 0 Å². The van der Waals surface area contributed by atoms with E-state index in [1.165, 1.54) is 4.90 Å². The van der Waals surface area contributed by atoms with Crippen LogP contribution in [-0.4, -0.2) is 76.0 Å². The summed E-state index contributed by atoms with van der Waals surface area (Å²) in [6.07, 6.45) is 0.0531. The number of hydrogen-bond acceptors (Lipinski definition) is 6. The summed E-state index contributed by atoms with van der Waals surface area (Å²) in [5.41, 5.74) is -1.89. The number of rotatable bonds is 7. The second kappa shape index (κ2) is 14.3. The van der Waals surface area contributed by atoms with Crippen LogP contribution in [-0.2, 0) is 35.1 Å². The molecule has 45 heavy (non-hydrogen) atoms. The van der Waals surface area contributed by atoms with Crippen molar-refractivity contribution in [2.24, 2.45) is 17.8 Å². The highest BCUT2D eigenvalue weighted by Gasteiger charge is 2.54. The number of carbonyl (C=O) groups excluding carboxylic acids is 5. The van der Waals surface area contributed by atoms with Crippen molar-refractivity contribution in [3.8, 4) is 0 Å². The maximum absolute atomic E-state index is 14.3. The van der Waals surface area contributed by atoms with E-state index >= 15 is 0 Å². The van der Waals surface area contributed by atoms with Gasteiger partial charge in [-0.3, -0.25) is 28.9 Å². The second-order valence-electron chi connectivity index (χ2n) is 14.5. The minimum absolute atomic E-state index is 0.0331. The Morgan fingerprint density at radius 1 is 0.778 bits per heavy atom. The van der Waals surface area contributed by atoms with Gasteiger partial charge in [0.15, 0.2) is 0 Å². The first-order valence-electron chi connectivity index (χ1n) is 16.1. The van der Waals surface area contributed by atoms with Gasteiger partial charge in [0.05, 0.1) is 6.10 Å². The molecule has 0 bridgehead atoms. The number of nitrogens with zero attached hydrogens (tertiary/aromatic N) is 1. The lowest BCUT2D eigenvalue weighted by Gasteiger charge is -2.38. The number of nitrogens with one attached hydrogen (secondary N) is 4. The average Bonchev–Trinajstić information content (AvgIpc) is 3.17. The van der Waals surface area contributed by atoms with Gasteiger partial charge in [-0.25, -0.2) is 0 Å². The normalized spacial score (nSPS) is 29.9. The van der Waals surface area contributed by atoms with Crippen LogP contribution in [0.25, 0.3) is 0 Å². The molecule has 3 rings (SSSR count). The van der Waals surface area contributed by atoms with E-state index in [0.29, 0.717) is 12.8 Å². The van der Waals surface area contributed by atoms with Gasteiger partial charge < -0.3 is 26.0 Å². The van der Waals surface area contributed by atoms with E-state index in [1.807, 2.05) is 71.9 Å². The summed E-state index contributed by atoms with van der Waals surface area (Å²) < 4.78 is 6.15. The third-order valence-electron chi connectivity index (χ3n) is 8.48. The fourth-order valence-electron chi connectivity index (χ4n) is 6.30. The first-order chi connectivity index (χ1) is 20.9. The molecule has 0 unspecified atom stereocenters. The molecule has 2 fully saturated rings. The molecule has 2 heterocycles. The Morgan fingerprint density at radius 2 is 1.31 bits per heavy atom. The van der Waals surface area contributed by atoms with Gasteiger partial charge in [0.1, 0.15) is 35.4 Å². The van der Waals surface area contributed by atoms with E-state index in [9.17, 15) is 24.0 Å². The van der Waals surface area contributed by atoms with Crippen LogP contribution >= 0.6 is 0 Å². The van der Waals surface area contributed by atoms with Gasteiger partial charge in [0.2, 0.25) is 29.5 Å². The summed E-state index contributed by atoms with van der Waals surface area (Å²) in [4.78, 5) is 71.7. The number of carbonyl (C=O) groups is 5. The minimum atomic E-state index is -1.50. The Balaban J connectivity index is 2.20. The van der Waals surface area contributed by atoms with E-state index in [2.05, 4.69) is 21.3 Å². The highest BCUT2D eigenvalue weighted by molar-refractivity contribution is 5.99. The zero-order valence-corrected chi connectivity index (χ0v) is 28.5. The van der Waals surface area contributed by atoms with Gasteiger partial charge in [-0.05, 0) is 63.9 Å².